The molecule has 0 saturated carbocycles. The summed E-state index contributed by atoms with van der Waals surface area (Å²) in [5.41, 5.74) is 1.47. The maximum Gasteiger partial charge on any atom is 0.330 e. The fourth-order valence-electron chi connectivity index (χ4n) is 3.04. The largest absolute Gasteiger partial charge is 0.331 e. The van der Waals surface area contributed by atoms with Crippen molar-refractivity contribution in [3.63, 3.8) is 0 Å². The van der Waals surface area contributed by atoms with Crippen LogP contribution in [0.1, 0.15) is 16.7 Å². The van der Waals surface area contributed by atoms with Gasteiger partial charge in [-0.15, -0.1) is 0 Å². The Bertz CT molecular complexity index is 1090. The van der Waals surface area contributed by atoms with E-state index in [1.807, 2.05) is 60.7 Å². The number of aryl methyl sites for hydroxylation is 1. The van der Waals surface area contributed by atoms with Gasteiger partial charge in [-0.05, 0) is 17.2 Å². The zero-order valence-electron chi connectivity index (χ0n) is 16.5. The third-order valence-corrected chi connectivity index (χ3v) is 4.62. The standard InChI is InChI=1S/C23H23N3O3/c1-24-17-20(22(28)25(2)23(24)29)13-14-21(27)26(15-18-9-5-3-6-10-18)16-19-11-7-4-8-12-19/h3-14,17H,15-16H2,1-2H3/b14-13-. The summed E-state index contributed by atoms with van der Waals surface area (Å²) < 4.78 is 2.34. The second kappa shape index (κ2) is 9.01. The van der Waals surface area contributed by atoms with Crippen LogP contribution in [0.4, 0.5) is 0 Å². The van der Waals surface area contributed by atoms with Crippen molar-refractivity contribution >= 4 is 12.0 Å². The molecule has 1 heterocycles. The third-order valence-electron chi connectivity index (χ3n) is 4.62. The summed E-state index contributed by atoms with van der Waals surface area (Å²) in [4.78, 5) is 38.8. The van der Waals surface area contributed by atoms with Crippen molar-refractivity contribution in [3.8, 4) is 0 Å². The first-order chi connectivity index (χ1) is 14.0. The molecule has 0 spiro atoms. The molecule has 29 heavy (non-hydrogen) atoms. The lowest BCUT2D eigenvalue weighted by molar-refractivity contribution is -0.127. The molecule has 0 bridgehead atoms. The van der Waals surface area contributed by atoms with Gasteiger partial charge in [0.1, 0.15) is 0 Å². The van der Waals surface area contributed by atoms with Crippen molar-refractivity contribution in [2.45, 2.75) is 13.1 Å². The Morgan fingerprint density at radius 2 is 1.41 bits per heavy atom. The second-order valence-electron chi connectivity index (χ2n) is 6.84. The number of benzene rings is 2. The van der Waals surface area contributed by atoms with Crippen LogP contribution in [0.15, 0.2) is 82.5 Å². The first-order valence-corrected chi connectivity index (χ1v) is 9.27. The normalized spacial score (nSPS) is 11.0. The Morgan fingerprint density at radius 1 is 0.897 bits per heavy atom. The van der Waals surface area contributed by atoms with Gasteiger partial charge in [0.15, 0.2) is 0 Å². The SMILES string of the molecule is Cn1cc(/C=C\C(=O)N(Cc2ccccc2)Cc2ccccc2)c(=O)n(C)c1=O. The number of hydrogen-bond donors (Lipinski definition) is 0. The molecule has 148 valence electrons. The van der Waals surface area contributed by atoms with Crippen molar-refractivity contribution in [1.29, 1.82) is 0 Å². The van der Waals surface area contributed by atoms with Crippen molar-refractivity contribution in [1.82, 2.24) is 14.0 Å². The van der Waals surface area contributed by atoms with E-state index in [0.29, 0.717) is 13.1 Å². The van der Waals surface area contributed by atoms with Crippen LogP contribution in [-0.4, -0.2) is 19.9 Å². The summed E-state index contributed by atoms with van der Waals surface area (Å²) in [5, 5.41) is 0. The summed E-state index contributed by atoms with van der Waals surface area (Å²) in [6, 6.07) is 19.5. The monoisotopic (exact) mass is 389 g/mol. The van der Waals surface area contributed by atoms with Crippen LogP contribution >= 0.6 is 0 Å². The number of rotatable bonds is 6. The van der Waals surface area contributed by atoms with E-state index in [9.17, 15) is 14.4 Å². The Morgan fingerprint density at radius 3 is 1.93 bits per heavy atom. The fraction of sp³-hybridized carbons (Fsp3) is 0.174. The number of carbonyl (C=O) groups excluding carboxylic acids is 1. The van der Waals surface area contributed by atoms with Crippen LogP contribution in [0.5, 0.6) is 0 Å². The maximum absolute atomic E-state index is 12.9. The number of aromatic nitrogens is 2. The fourth-order valence-corrected chi connectivity index (χ4v) is 3.04. The van der Waals surface area contributed by atoms with E-state index >= 15 is 0 Å². The van der Waals surface area contributed by atoms with Crippen LogP contribution in [0.3, 0.4) is 0 Å². The molecule has 0 N–H and O–H groups in total. The summed E-state index contributed by atoms with van der Waals surface area (Å²) in [6.45, 7) is 0.897. The average molecular weight is 389 g/mol. The zero-order chi connectivity index (χ0) is 20.8. The predicted octanol–water partition coefficient (Wildman–Crippen LogP) is 2.33. The topological polar surface area (TPSA) is 64.3 Å². The van der Waals surface area contributed by atoms with E-state index in [2.05, 4.69) is 0 Å². The highest BCUT2D eigenvalue weighted by Crippen LogP contribution is 2.11. The van der Waals surface area contributed by atoms with Gasteiger partial charge in [-0.2, -0.15) is 0 Å². The Labute approximate surface area is 169 Å². The molecule has 3 aromatic rings. The maximum atomic E-state index is 12.9. The van der Waals surface area contributed by atoms with Crippen molar-refractivity contribution < 1.29 is 4.79 Å². The number of amides is 1. The van der Waals surface area contributed by atoms with E-state index in [1.54, 1.807) is 11.9 Å². The summed E-state index contributed by atoms with van der Waals surface area (Å²) >= 11 is 0. The molecule has 0 fully saturated rings. The third kappa shape index (κ3) is 4.99. The van der Waals surface area contributed by atoms with Crippen molar-refractivity contribution in [2.75, 3.05) is 0 Å². The smallest absolute Gasteiger partial charge is 0.330 e. The molecule has 0 atom stereocenters. The predicted molar refractivity (Wildman–Crippen MR) is 113 cm³/mol. The van der Waals surface area contributed by atoms with Gasteiger partial charge in [-0.1, -0.05) is 60.7 Å². The van der Waals surface area contributed by atoms with Gasteiger partial charge in [0.05, 0.1) is 5.56 Å². The van der Waals surface area contributed by atoms with E-state index in [4.69, 9.17) is 0 Å². The Balaban J connectivity index is 1.87. The highest BCUT2D eigenvalue weighted by atomic mass is 16.2. The molecular weight excluding hydrogens is 366 g/mol. The van der Waals surface area contributed by atoms with E-state index < -0.39 is 11.2 Å². The van der Waals surface area contributed by atoms with Crippen LogP contribution in [-0.2, 0) is 32.0 Å². The van der Waals surface area contributed by atoms with Crippen molar-refractivity contribution in [3.05, 3.63) is 110 Å². The van der Waals surface area contributed by atoms with Crippen LogP contribution < -0.4 is 11.2 Å². The minimum atomic E-state index is -0.435. The second-order valence-corrected chi connectivity index (χ2v) is 6.84. The first kappa shape index (κ1) is 20.1. The minimum absolute atomic E-state index is 0.214. The molecule has 2 aromatic carbocycles. The summed E-state index contributed by atoms with van der Waals surface area (Å²) in [7, 11) is 2.99. The number of nitrogens with zero attached hydrogens (tertiary/aromatic N) is 3. The molecule has 0 aliphatic heterocycles. The Kier molecular flexibility index (Phi) is 6.24. The lowest BCUT2D eigenvalue weighted by Gasteiger charge is -2.21. The molecule has 1 amide bonds. The molecule has 0 saturated heterocycles. The van der Waals surface area contributed by atoms with Crippen LogP contribution in [0, 0.1) is 0 Å². The molecule has 6 heteroatoms. The van der Waals surface area contributed by atoms with Gasteiger partial charge in [0, 0.05) is 39.5 Å². The van der Waals surface area contributed by atoms with E-state index in [-0.39, 0.29) is 11.5 Å². The Hall–Kier alpha value is -3.67. The van der Waals surface area contributed by atoms with E-state index in [0.717, 1.165) is 15.7 Å². The van der Waals surface area contributed by atoms with E-state index in [1.165, 1.54) is 30.0 Å². The molecular formula is C23H23N3O3. The number of hydrogen-bond acceptors (Lipinski definition) is 3. The summed E-state index contributed by atoms with van der Waals surface area (Å²) in [6.07, 6.45) is 4.29. The van der Waals surface area contributed by atoms with Gasteiger partial charge in [0.25, 0.3) is 5.56 Å². The number of carbonyl (C=O) groups is 1. The zero-order valence-corrected chi connectivity index (χ0v) is 16.5. The van der Waals surface area contributed by atoms with Gasteiger partial charge < -0.3 is 9.47 Å². The molecule has 0 aliphatic rings. The average Bonchev–Trinajstić information content (AvgIpc) is 2.74. The lowest BCUT2D eigenvalue weighted by atomic mass is 10.1. The molecule has 1 aromatic heterocycles. The minimum Gasteiger partial charge on any atom is -0.331 e. The highest BCUT2D eigenvalue weighted by molar-refractivity contribution is 5.91. The molecule has 0 unspecified atom stereocenters. The van der Waals surface area contributed by atoms with Gasteiger partial charge >= 0.3 is 5.69 Å². The lowest BCUT2D eigenvalue weighted by Crippen LogP contribution is -2.37. The van der Waals surface area contributed by atoms with Crippen molar-refractivity contribution in [2.24, 2.45) is 14.1 Å². The first-order valence-electron chi connectivity index (χ1n) is 9.27. The molecule has 6 nitrogen and oxygen atoms in total. The summed E-state index contributed by atoms with van der Waals surface area (Å²) in [5.74, 6) is -0.214. The quantitative estimate of drug-likeness (QED) is 0.608. The van der Waals surface area contributed by atoms with Gasteiger partial charge in [0.2, 0.25) is 5.91 Å². The van der Waals surface area contributed by atoms with Crippen LogP contribution in [0.2, 0.25) is 0 Å². The molecule has 0 aliphatic carbocycles. The highest BCUT2D eigenvalue weighted by Gasteiger charge is 2.13. The molecule has 3 rings (SSSR count). The van der Waals surface area contributed by atoms with Crippen LogP contribution in [0.25, 0.3) is 6.08 Å². The molecule has 0 radical (unpaired) electrons. The van der Waals surface area contributed by atoms with Gasteiger partial charge in [-0.3, -0.25) is 14.2 Å². The van der Waals surface area contributed by atoms with Gasteiger partial charge in [-0.25, -0.2) is 4.79 Å².